The summed E-state index contributed by atoms with van der Waals surface area (Å²) >= 11 is 5.84. The van der Waals surface area contributed by atoms with Gasteiger partial charge in [-0.3, -0.25) is 10.1 Å². The number of imidazole rings is 1. The van der Waals surface area contributed by atoms with Gasteiger partial charge in [0.2, 0.25) is 11.7 Å². The third kappa shape index (κ3) is 2.41. The number of rotatable bonds is 3. The Morgan fingerprint density at radius 3 is 2.95 bits per heavy atom. The molecule has 3 aromatic rings. The van der Waals surface area contributed by atoms with Crippen LogP contribution in [-0.2, 0) is 0 Å². The third-order valence-corrected chi connectivity index (χ3v) is 2.83. The van der Waals surface area contributed by atoms with Crippen molar-refractivity contribution in [3.05, 3.63) is 39.7 Å². The fourth-order valence-corrected chi connectivity index (χ4v) is 1.88. The molecule has 0 aliphatic heterocycles. The van der Waals surface area contributed by atoms with Crippen LogP contribution in [0, 0.1) is 10.1 Å². The first-order valence-corrected chi connectivity index (χ1v) is 6.01. The van der Waals surface area contributed by atoms with Gasteiger partial charge in [0.1, 0.15) is 5.52 Å². The molecule has 0 saturated carbocycles. The molecule has 0 bridgehead atoms. The van der Waals surface area contributed by atoms with E-state index in [2.05, 4.69) is 19.9 Å². The number of anilines is 1. The van der Waals surface area contributed by atoms with E-state index in [1.54, 1.807) is 0 Å². The highest BCUT2D eigenvalue weighted by atomic mass is 35.5. The number of hydrogen-bond acceptors (Lipinski definition) is 7. The number of halogens is 1. The molecule has 0 aliphatic carbocycles. The second kappa shape index (κ2) is 4.87. The minimum atomic E-state index is -0.583. The number of nitrogens with zero attached hydrogens (tertiary/aromatic N) is 4. The minimum Gasteiger partial charge on any atom is -0.429 e. The normalized spacial score (nSPS) is 10.7. The second-order valence-corrected chi connectivity index (χ2v) is 4.40. The van der Waals surface area contributed by atoms with Gasteiger partial charge in [0, 0.05) is 17.2 Å². The first-order valence-electron chi connectivity index (χ1n) is 5.63. The lowest BCUT2D eigenvalue weighted by molar-refractivity contribution is -0.385. The molecule has 106 valence electrons. The van der Waals surface area contributed by atoms with Gasteiger partial charge in [0.05, 0.1) is 11.3 Å². The molecule has 0 atom stereocenters. The van der Waals surface area contributed by atoms with Crippen molar-refractivity contribution < 1.29 is 9.66 Å². The van der Waals surface area contributed by atoms with Crippen molar-refractivity contribution in [3.63, 3.8) is 0 Å². The van der Waals surface area contributed by atoms with Crippen LogP contribution >= 0.6 is 11.6 Å². The fourth-order valence-electron chi connectivity index (χ4n) is 1.72. The van der Waals surface area contributed by atoms with Crippen LogP contribution in [-0.4, -0.2) is 24.9 Å². The maximum Gasteiger partial charge on any atom is 0.311 e. The summed E-state index contributed by atoms with van der Waals surface area (Å²) in [5.74, 6) is -0.0869. The molecule has 0 spiro atoms. The molecular formula is C11H7ClN6O3. The summed E-state index contributed by atoms with van der Waals surface area (Å²) in [6.45, 7) is 0. The van der Waals surface area contributed by atoms with Gasteiger partial charge in [-0.25, -0.2) is 4.98 Å². The smallest absolute Gasteiger partial charge is 0.311 e. The topological polar surface area (TPSA) is 133 Å². The number of aromatic amines is 1. The summed E-state index contributed by atoms with van der Waals surface area (Å²) in [6, 6.07) is 3.96. The molecule has 1 aromatic carbocycles. The molecule has 3 rings (SSSR count). The molecule has 0 amide bonds. The van der Waals surface area contributed by atoms with E-state index in [-0.39, 0.29) is 23.3 Å². The summed E-state index contributed by atoms with van der Waals surface area (Å²) in [7, 11) is 0. The molecule has 0 saturated heterocycles. The first kappa shape index (κ1) is 13.1. The van der Waals surface area contributed by atoms with Crippen LogP contribution in [0.15, 0.2) is 24.5 Å². The zero-order chi connectivity index (χ0) is 15.0. The maximum absolute atomic E-state index is 11.0. The number of nitrogens with one attached hydrogen (secondary N) is 1. The van der Waals surface area contributed by atoms with E-state index in [0.29, 0.717) is 16.2 Å². The van der Waals surface area contributed by atoms with Gasteiger partial charge >= 0.3 is 5.69 Å². The molecule has 0 radical (unpaired) electrons. The van der Waals surface area contributed by atoms with E-state index in [9.17, 15) is 10.1 Å². The predicted molar refractivity (Wildman–Crippen MR) is 74.3 cm³/mol. The van der Waals surface area contributed by atoms with E-state index in [1.165, 1.54) is 24.5 Å². The Morgan fingerprint density at radius 1 is 1.38 bits per heavy atom. The molecule has 2 heterocycles. The monoisotopic (exact) mass is 306 g/mol. The average molecular weight is 307 g/mol. The Kier molecular flexibility index (Phi) is 3.03. The van der Waals surface area contributed by atoms with E-state index in [1.807, 2.05) is 0 Å². The zero-order valence-corrected chi connectivity index (χ0v) is 11.0. The lowest BCUT2D eigenvalue weighted by Gasteiger charge is -2.06. The number of ether oxygens (including phenoxy) is 1. The summed E-state index contributed by atoms with van der Waals surface area (Å²) in [5, 5.41) is 11.3. The number of fused-ring (bicyclic) bond motifs is 1. The largest absolute Gasteiger partial charge is 0.429 e. The van der Waals surface area contributed by atoms with Crippen LogP contribution in [0.25, 0.3) is 11.2 Å². The Balaban J connectivity index is 2.12. The highest BCUT2D eigenvalue weighted by Crippen LogP contribution is 2.34. The highest BCUT2D eigenvalue weighted by Gasteiger charge is 2.19. The van der Waals surface area contributed by atoms with E-state index >= 15 is 0 Å². The van der Waals surface area contributed by atoms with E-state index in [4.69, 9.17) is 22.1 Å². The van der Waals surface area contributed by atoms with Crippen molar-refractivity contribution in [2.45, 2.75) is 0 Å². The van der Waals surface area contributed by atoms with Gasteiger partial charge < -0.3 is 15.5 Å². The van der Waals surface area contributed by atoms with Crippen molar-refractivity contribution in [1.29, 1.82) is 0 Å². The van der Waals surface area contributed by atoms with Gasteiger partial charge in [-0.2, -0.15) is 9.97 Å². The SMILES string of the molecule is Nc1nc(Oc2cc(Cl)ccc2[N+](=O)[O-])c2[nH]cnc2n1. The molecule has 0 unspecified atom stereocenters. The van der Waals surface area contributed by atoms with Crippen molar-refractivity contribution >= 4 is 34.4 Å². The summed E-state index contributed by atoms with van der Waals surface area (Å²) in [5.41, 5.74) is 5.97. The molecule has 0 fully saturated rings. The van der Waals surface area contributed by atoms with Crippen molar-refractivity contribution in [2.24, 2.45) is 0 Å². The summed E-state index contributed by atoms with van der Waals surface area (Å²) < 4.78 is 5.48. The fraction of sp³-hybridized carbons (Fsp3) is 0. The Morgan fingerprint density at radius 2 is 2.19 bits per heavy atom. The van der Waals surface area contributed by atoms with Crippen LogP contribution < -0.4 is 10.5 Å². The Hall–Kier alpha value is -2.94. The molecule has 9 nitrogen and oxygen atoms in total. The number of nitro groups is 1. The standard InChI is InChI=1S/C11H7ClN6O3/c12-5-1-2-6(18(19)20)7(3-5)21-10-8-9(15-4-14-8)16-11(13)17-10/h1-4H,(H3,13,14,15,16,17). The predicted octanol–water partition coefficient (Wildman–Crippen LogP) is 2.29. The first-order chi connectivity index (χ1) is 10.0. The zero-order valence-electron chi connectivity index (χ0n) is 10.3. The minimum absolute atomic E-state index is 0.0281. The second-order valence-electron chi connectivity index (χ2n) is 3.96. The summed E-state index contributed by atoms with van der Waals surface area (Å²) in [6.07, 6.45) is 1.39. The quantitative estimate of drug-likeness (QED) is 0.560. The van der Waals surface area contributed by atoms with Gasteiger partial charge in [-0.05, 0) is 6.07 Å². The number of aromatic nitrogens is 4. The molecule has 2 aromatic heterocycles. The molecule has 21 heavy (non-hydrogen) atoms. The van der Waals surface area contributed by atoms with Gasteiger partial charge in [-0.1, -0.05) is 11.6 Å². The van der Waals surface area contributed by atoms with E-state index in [0.717, 1.165) is 0 Å². The number of nitrogens with two attached hydrogens (primary N) is 1. The molecule has 10 heteroatoms. The Labute approximate surface area is 121 Å². The summed E-state index contributed by atoms with van der Waals surface area (Å²) in [4.78, 5) is 24.9. The van der Waals surface area contributed by atoms with Crippen molar-refractivity contribution in [3.8, 4) is 11.6 Å². The van der Waals surface area contributed by atoms with Crippen molar-refractivity contribution in [2.75, 3.05) is 5.73 Å². The number of benzene rings is 1. The molecular weight excluding hydrogens is 300 g/mol. The number of hydrogen-bond donors (Lipinski definition) is 2. The van der Waals surface area contributed by atoms with Crippen LogP contribution in [0.4, 0.5) is 11.6 Å². The average Bonchev–Trinajstić information content (AvgIpc) is 2.86. The molecule has 3 N–H and O–H groups in total. The highest BCUT2D eigenvalue weighted by molar-refractivity contribution is 6.30. The Bertz CT molecular complexity index is 849. The van der Waals surface area contributed by atoms with Crippen LogP contribution in [0.3, 0.4) is 0 Å². The van der Waals surface area contributed by atoms with Crippen molar-refractivity contribution in [1.82, 2.24) is 19.9 Å². The van der Waals surface area contributed by atoms with Crippen LogP contribution in [0.1, 0.15) is 0 Å². The van der Waals surface area contributed by atoms with Gasteiger partial charge in [0.25, 0.3) is 5.88 Å². The van der Waals surface area contributed by atoms with Gasteiger partial charge in [-0.15, -0.1) is 0 Å². The van der Waals surface area contributed by atoms with Crippen LogP contribution in [0.5, 0.6) is 11.6 Å². The maximum atomic E-state index is 11.0. The van der Waals surface area contributed by atoms with Crippen LogP contribution in [0.2, 0.25) is 5.02 Å². The molecule has 0 aliphatic rings. The third-order valence-electron chi connectivity index (χ3n) is 2.59. The lowest BCUT2D eigenvalue weighted by atomic mass is 10.3. The number of nitrogen functional groups attached to an aromatic ring is 1. The van der Waals surface area contributed by atoms with Gasteiger partial charge in [0.15, 0.2) is 5.65 Å². The lowest BCUT2D eigenvalue weighted by Crippen LogP contribution is -2.00. The number of H-pyrrole nitrogens is 1. The van der Waals surface area contributed by atoms with E-state index < -0.39 is 4.92 Å². The number of nitro benzene ring substituents is 1.